The molecule has 0 aromatic carbocycles. The minimum absolute atomic E-state index is 0.457. The van der Waals surface area contributed by atoms with E-state index in [0.29, 0.717) is 0 Å². The molecule has 1 atom stereocenters. The minimum atomic E-state index is -1.16. The van der Waals surface area contributed by atoms with Gasteiger partial charge in [0.1, 0.15) is 17.2 Å². The monoisotopic (exact) mass is 231 g/mol. The van der Waals surface area contributed by atoms with Crippen LogP contribution in [0, 0.1) is 0 Å². The molecule has 0 aromatic heterocycles. The van der Waals surface area contributed by atoms with Crippen molar-refractivity contribution in [1.82, 2.24) is 5.32 Å². The standard InChI is InChI=1S/C11H21NO4/c1-7(8(13)16-10(2,3)4)12-11(5,6)9(14)15/h7,12H,1-6H3,(H,14,15)/t7-/m0/s1. The van der Waals surface area contributed by atoms with E-state index in [1.54, 1.807) is 27.7 Å². The van der Waals surface area contributed by atoms with Crippen molar-refractivity contribution >= 4 is 11.9 Å². The Balaban J connectivity index is 4.43. The molecule has 0 heterocycles. The summed E-state index contributed by atoms with van der Waals surface area (Å²) in [6, 6.07) is -0.662. The molecule has 16 heavy (non-hydrogen) atoms. The highest BCUT2D eigenvalue weighted by Gasteiger charge is 2.32. The molecule has 0 aromatic rings. The van der Waals surface area contributed by atoms with Crippen molar-refractivity contribution in [1.29, 1.82) is 0 Å². The number of hydrogen-bond donors (Lipinski definition) is 2. The van der Waals surface area contributed by atoms with E-state index < -0.39 is 29.1 Å². The molecule has 0 spiro atoms. The first-order chi connectivity index (χ1) is 6.96. The highest BCUT2D eigenvalue weighted by molar-refractivity contribution is 5.80. The molecule has 0 amide bonds. The first kappa shape index (κ1) is 14.9. The maximum atomic E-state index is 11.6. The van der Waals surface area contributed by atoms with E-state index in [9.17, 15) is 9.59 Å². The number of carbonyl (C=O) groups is 2. The van der Waals surface area contributed by atoms with Crippen LogP contribution in [-0.4, -0.2) is 34.2 Å². The molecule has 0 saturated carbocycles. The zero-order chi connectivity index (χ0) is 13.1. The first-order valence-electron chi connectivity index (χ1n) is 5.19. The Morgan fingerprint density at radius 2 is 1.62 bits per heavy atom. The van der Waals surface area contributed by atoms with Crippen molar-refractivity contribution in [3.63, 3.8) is 0 Å². The number of hydrogen-bond acceptors (Lipinski definition) is 4. The average Bonchev–Trinajstić information content (AvgIpc) is 1.99. The zero-order valence-electron chi connectivity index (χ0n) is 10.7. The lowest BCUT2D eigenvalue weighted by Crippen LogP contribution is -2.54. The summed E-state index contributed by atoms with van der Waals surface area (Å²) in [7, 11) is 0. The van der Waals surface area contributed by atoms with Crippen molar-refractivity contribution in [2.24, 2.45) is 0 Å². The molecular weight excluding hydrogens is 210 g/mol. The molecule has 5 heteroatoms. The van der Waals surface area contributed by atoms with E-state index in [0.717, 1.165) is 0 Å². The maximum absolute atomic E-state index is 11.6. The molecule has 0 fully saturated rings. The summed E-state index contributed by atoms with van der Waals surface area (Å²) in [4.78, 5) is 22.4. The Kier molecular flexibility index (Phi) is 4.49. The Bertz CT molecular complexity index is 278. The number of carbonyl (C=O) groups excluding carboxylic acids is 1. The van der Waals surface area contributed by atoms with Crippen LogP contribution in [0.3, 0.4) is 0 Å². The summed E-state index contributed by atoms with van der Waals surface area (Å²) in [5, 5.41) is 11.6. The Morgan fingerprint density at radius 3 is 1.94 bits per heavy atom. The second-order valence-corrected chi connectivity index (χ2v) is 5.33. The van der Waals surface area contributed by atoms with Gasteiger partial charge in [-0.15, -0.1) is 0 Å². The highest BCUT2D eigenvalue weighted by Crippen LogP contribution is 2.10. The van der Waals surface area contributed by atoms with Gasteiger partial charge in [0.05, 0.1) is 0 Å². The van der Waals surface area contributed by atoms with Crippen LogP contribution in [0.5, 0.6) is 0 Å². The summed E-state index contributed by atoms with van der Waals surface area (Å²) in [5.41, 5.74) is -1.73. The van der Waals surface area contributed by atoms with Crippen LogP contribution in [-0.2, 0) is 14.3 Å². The van der Waals surface area contributed by atoms with Crippen LogP contribution in [0.15, 0.2) is 0 Å². The molecule has 0 saturated heterocycles. The van der Waals surface area contributed by atoms with Crippen LogP contribution in [0.1, 0.15) is 41.5 Å². The molecule has 0 unspecified atom stereocenters. The summed E-state index contributed by atoms with van der Waals surface area (Å²) < 4.78 is 5.13. The number of ether oxygens (including phenoxy) is 1. The van der Waals surface area contributed by atoms with Gasteiger partial charge < -0.3 is 9.84 Å². The van der Waals surface area contributed by atoms with Crippen molar-refractivity contribution in [3.05, 3.63) is 0 Å². The topological polar surface area (TPSA) is 75.6 Å². The van der Waals surface area contributed by atoms with Crippen LogP contribution in [0.2, 0.25) is 0 Å². The smallest absolute Gasteiger partial charge is 0.323 e. The number of carboxylic acid groups (broad SMARTS) is 1. The first-order valence-corrected chi connectivity index (χ1v) is 5.19. The molecule has 0 rings (SSSR count). The lowest BCUT2D eigenvalue weighted by molar-refractivity contribution is -0.158. The molecule has 0 radical (unpaired) electrons. The third-order valence-electron chi connectivity index (χ3n) is 1.87. The second-order valence-electron chi connectivity index (χ2n) is 5.33. The fourth-order valence-electron chi connectivity index (χ4n) is 1.05. The molecule has 0 aliphatic rings. The molecule has 5 nitrogen and oxygen atoms in total. The molecule has 94 valence electrons. The predicted molar refractivity (Wildman–Crippen MR) is 60.2 cm³/mol. The van der Waals surface area contributed by atoms with Gasteiger partial charge in [0.25, 0.3) is 0 Å². The van der Waals surface area contributed by atoms with Crippen LogP contribution in [0.4, 0.5) is 0 Å². The quantitative estimate of drug-likeness (QED) is 0.710. The SMILES string of the molecule is C[C@H](NC(C)(C)C(=O)O)C(=O)OC(C)(C)C. The van der Waals surface area contributed by atoms with E-state index in [1.165, 1.54) is 13.8 Å². The van der Waals surface area contributed by atoms with Crippen LogP contribution >= 0.6 is 0 Å². The van der Waals surface area contributed by atoms with Crippen molar-refractivity contribution < 1.29 is 19.4 Å². The molecular formula is C11H21NO4. The van der Waals surface area contributed by atoms with E-state index in [1.807, 2.05) is 0 Å². The summed E-state index contributed by atoms with van der Waals surface area (Å²) >= 11 is 0. The predicted octanol–water partition coefficient (Wildman–Crippen LogP) is 1.17. The van der Waals surface area contributed by atoms with Crippen molar-refractivity contribution in [3.8, 4) is 0 Å². The van der Waals surface area contributed by atoms with Gasteiger partial charge in [-0.25, -0.2) is 0 Å². The van der Waals surface area contributed by atoms with Gasteiger partial charge in [0, 0.05) is 0 Å². The fraction of sp³-hybridized carbons (Fsp3) is 0.818. The highest BCUT2D eigenvalue weighted by atomic mass is 16.6. The number of esters is 1. The number of carboxylic acids is 1. The third kappa shape index (κ3) is 5.11. The molecule has 0 aliphatic carbocycles. The van der Waals surface area contributed by atoms with E-state index in [4.69, 9.17) is 9.84 Å². The fourth-order valence-corrected chi connectivity index (χ4v) is 1.05. The van der Waals surface area contributed by atoms with E-state index >= 15 is 0 Å². The number of aliphatic carboxylic acids is 1. The summed E-state index contributed by atoms with van der Waals surface area (Å²) in [6.07, 6.45) is 0. The molecule has 0 aliphatic heterocycles. The van der Waals surface area contributed by atoms with Gasteiger partial charge in [0.15, 0.2) is 0 Å². The van der Waals surface area contributed by atoms with Crippen LogP contribution in [0.25, 0.3) is 0 Å². The van der Waals surface area contributed by atoms with Gasteiger partial charge in [-0.3, -0.25) is 14.9 Å². The summed E-state index contributed by atoms with van der Waals surface area (Å²) in [6.45, 7) is 9.87. The lowest BCUT2D eigenvalue weighted by atomic mass is 10.0. The summed E-state index contributed by atoms with van der Waals surface area (Å²) in [5.74, 6) is -1.47. The Hall–Kier alpha value is -1.10. The maximum Gasteiger partial charge on any atom is 0.323 e. The van der Waals surface area contributed by atoms with Gasteiger partial charge in [-0.2, -0.15) is 0 Å². The number of nitrogens with one attached hydrogen (secondary N) is 1. The average molecular weight is 231 g/mol. The van der Waals surface area contributed by atoms with E-state index in [-0.39, 0.29) is 0 Å². The van der Waals surface area contributed by atoms with Crippen LogP contribution < -0.4 is 5.32 Å². The van der Waals surface area contributed by atoms with Gasteiger partial charge in [-0.1, -0.05) is 0 Å². The molecule has 2 N–H and O–H groups in total. The lowest BCUT2D eigenvalue weighted by Gasteiger charge is -2.27. The van der Waals surface area contributed by atoms with Crippen molar-refractivity contribution in [2.45, 2.75) is 58.7 Å². The van der Waals surface area contributed by atoms with Crippen molar-refractivity contribution in [2.75, 3.05) is 0 Å². The Labute approximate surface area is 96.2 Å². The third-order valence-corrected chi connectivity index (χ3v) is 1.87. The normalized spacial score (nSPS) is 14.4. The minimum Gasteiger partial charge on any atom is -0.480 e. The van der Waals surface area contributed by atoms with Gasteiger partial charge in [0.2, 0.25) is 0 Å². The largest absolute Gasteiger partial charge is 0.480 e. The molecule has 0 bridgehead atoms. The van der Waals surface area contributed by atoms with Gasteiger partial charge >= 0.3 is 11.9 Å². The number of rotatable bonds is 4. The Morgan fingerprint density at radius 1 is 1.19 bits per heavy atom. The zero-order valence-corrected chi connectivity index (χ0v) is 10.7. The second kappa shape index (κ2) is 4.82. The van der Waals surface area contributed by atoms with Gasteiger partial charge in [-0.05, 0) is 41.5 Å². The van der Waals surface area contributed by atoms with E-state index in [2.05, 4.69) is 5.32 Å².